The smallest absolute Gasteiger partial charge is 0.251 e. The van der Waals surface area contributed by atoms with E-state index in [2.05, 4.69) is 15.2 Å². The van der Waals surface area contributed by atoms with Crippen molar-refractivity contribution in [3.63, 3.8) is 0 Å². The van der Waals surface area contributed by atoms with Gasteiger partial charge in [0.1, 0.15) is 11.8 Å². The first kappa shape index (κ1) is 14.3. The van der Waals surface area contributed by atoms with Crippen LogP contribution in [0.1, 0.15) is 30.2 Å². The largest absolute Gasteiger partial charge is 0.496 e. The van der Waals surface area contributed by atoms with Crippen molar-refractivity contribution in [3.8, 4) is 17.1 Å². The second-order valence-corrected chi connectivity index (χ2v) is 5.20. The van der Waals surface area contributed by atoms with Crippen molar-refractivity contribution in [1.29, 1.82) is 0 Å². The zero-order chi connectivity index (χ0) is 15.7. The fourth-order valence-electron chi connectivity index (χ4n) is 2.49. The van der Waals surface area contributed by atoms with E-state index >= 15 is 0 Å². The molecule has 6 heteroatoms. The average Bonchev–Trinajstić information content (AvgIpc) is 3.13. The summed E-state index contributed by atoms with van der Waals surface area (Å²) >= 11 is 0. The fraction of sp³-hybridized carbons (Fsp3) is 0.312. The van der Waals surface area contributed by atoms with Crippen molar-refractivity contribution in [2.24, 2.45) is 0 Å². The summed E-state index contributed by atoms with van der Waals surface area (Å²) in [5.41, 5.74) is 2.83. The van der Waals surface area contributed by atoms with Crippen LogP contribution in [-0.2, 0) is 0 Å². The molecule has 0 spiro atoms. The zero-order valence-electron chi connectivity index (χ0n) is 13.1. The third-order valence-electron chi connectivity index (χ3n) is 3.56. The molecule has 22 heavy (non-hydrogen) atoms. The summed E-state index contributed by atoms with van der Waals surface area (Å²) in [6.45, 7) is 5.96. The quantitative estimate of drug-likeness (QED) is 0.740. The molecule has 6 nitrogen and oxygen atoms in total. The molecular weight excluding hydrogens is 280 g/mol. The lowest BCUT2D eigenvalue weighted by molar-refractivity contribution is 0.334. The van der Waals surface area contributed by atoms with Gasteiger partial charge < -0.3 is 9.26 Å². The summed E-state index contributed by atoms with van der Waals surface area (Å²) in [5.74, 6) is 1.75. The van der Waals surface area contributed by atoms with Crippen molar-refractivity contribution in [2.45, 2.75) is 26.8 Å². The van der Waals surface area contributed by atoms with Crippen LogP contribution in [0.25, 0.3) is 11.4 Å². The van der Waals surface area contributed by atoms with E-state index in [1.807, 2.05) is 55.8 Å². The van der Waals surface area contributed by atoms with Gasteiger partial charge in [0.2, 0.25) is 5.82 Å². The minimum absolute atomic E-state index is 0.121. The molecule has 0 amide bonds. The highest BCUT2D eigenvalue weighted by atomic mass is 16.5. The molecule has 0 saturated heterocycles. The van der Waals surface area contributed by atoms with Crippen LogP contribution in [0.5, 0.6) is 5.75 Å². The monoisotopic (exact) mass is 298 g/mol. The topological polar surface area (TPSA) is 66.0 Å². The lowest BCUT2D eigenvalue weighted by Crippen LogP contribution is -2.10. The van der Waals surface area contributed by atoms with Crippen LogP contribution in [0.2, 0.25) is 0 Å². The predicted molar refractivity (Wildman–Crippen MR) is 81.8 cm³/mol. The van der Waals surface area contributed by atoms with Crippen molar-refractivity contribution in [1.82, 2.24) is 19.9 Å². The number of hydrogen-bond acceptors (Lipinski definition) is 5. The van der Waals surface area contributed by atoms with Crippen LogP contribution in [0.3, 0.4) is 0 Å². The standard InChI is InChI=1S/C16H18N4O2/c1-10-9-11(2)20(18-10)12(3)16-17-15(19-22-16)13-7-5-6-8-14(13)21-4/h5-9,12H,1-4H3. The van der Waals surface area contributed by atoms with Gasteiger partial charge in [0.25, 0.3) is 5.89 Å². The third-order valence-corrected chi connectivity index (χ3v) is 3.56. The van der Waals surface area contributed by atoms with E-state index < -0.39 is 0 Å². The molecule has 3 aromatic rings. The molecule has 0 aliphatic rings. The van der Waals surface area contributed by atoms with Crippen LogP contribution < -0.4 is 4.74 Å². The van der Waals surface area contributed by atoms with Gasteiger partial charge in [-0.25, -0.2) is 0 Å². The van der Waals surface area contributed by atoms with Crippen molar-refractivity contribution in [3.05, 3.63) is 47.6 Å². The molecule has 1 atom stereocenters. The lowest BCUT2D eigenvalue weighted by Gasteiger charge is -2.09. The van der Waals surface area contributed by atoms with E-state index in [1.165, 1.54) is 0 Å². The number of para-hydroxylation sites is 1. The van der Waals surface area contributed by atoms with Gasteiger partial charge in [-0.15, -0.1) is 0 Å². The van der Waals surface area contributed by atoms with Gasteiger partial charge in [-0.2, -0.15) is 10.1 Å². The van der Waals surface area contributed by atoms with Crippen LogP contribution in [0.4, 0.5) is 0 Å². The van der Waals surface area contributed by atoms with Gasteiger partial charge in [-0.3, -0.25) is 4.68 Å². The minimum Gasteiger partial charge on any atom is -0.496 e. The number of methoxy groups -OCH3 is 1. The molecule has 2 aromatic heterocycles. The molecule has 0 aliphatic heterocycles. The molecule has 0 N–H and O–H groups in total. The lowest BCUT2D eigenvalue weighted by atomic mass is 10.2. The summed E-state index contributed by atoms with van der Waals surface area (Å²) in [4.78, 5) is 4.50. The van der Waals surface area contributed by atoms with Crippen LogP contribution in [0, 0.1) is 13.8 Å². The summed E-state index contributed by atoms with van der Waals surface area (Å²) in [5, 5.41) is 8.54. The average molecular weight is 298 g/mol. The number of aromatic nitrogens is 4. The third kappa shape index (κ3) is 2.47. The highest BCUT2D eigenvalue weighted by Gasteiger charge is 2.20. The summed E-state index contributed by atoms with van der Waals surface area (Å²) in [6, 6.07) is 9.50. The fourth-order valence-corrected chi connectivity index (χ4v) is 2.49. The van der Waals surface area contributed by atoms with Gasteiger partial charge in [0, 0.05) is 5.69 Å². The van der Waals surface area contributed by atoms with E-state index in [9.17, 15) is 0 Å². The van der Waals surface area contributed by atoms with Gasteiger partial charge in [0.05, 0.1) is 18.4 Å². The number of rotatable bonds is 4. The van der Waals surface area contributed by atoms with E-state index in [4.69, 9.17) is 9.26 Å². The van der Waals surface area contributed by atoms with E-state index in [1.54, 1.807) is 7.11 Å². The maximum Gasteiger partial charge on any atom is 0.251 e. The Labute approximate surface area is 128 Å². The molecule has 0 aliphatic carbocycles. The Balaban J connectivity index is 1.95. The number of ether oxygens (including phenoxy) is 1. The summed E-state index contributed by atoms with van der Waals surface area (Å²) in [7, 11) is 1.62. The number of nitrogens with zero attached hydrogens (tertiary/aromatic N) is 4. The Morgan fingerprint density at radius 2 is 2.00 bits per heavy atom. The SMILES string of the molecule is COc1ccccc1-c1noc(C(C)n2nc(C)cc2C)n1. The van der Waals surface area contributed by atoms with Gasteiger partial charge in [0.15, 0.2) is 0 Å². The molecule has 1 unspecified atom stereocenters. The molecule has 0 saturated carbocycles. The Hall–Kier alpha value is -2.63. The van der Waals surface area contributed by atoms with E-state index in [0.29, 0.717) is 17.5 Å². The predicted octanol–water partition coefficient (Wildman–Crippen LogP) is 3.17. The normalized spacial score (nSPS) is 12.4. The Morgan fingerprint density at radius 3 is 2.68 bits per heavy atom. The maximum absolute atomic E-state index is 5.42. The Bertz CT molecular complexity index is 791. The number of aryl methyl sites for hydroxylation is 2. The molecule has 1 aromatic carbocycles. The van der Waals surface area contributed by atoms with Crippen LogP contribution in [0.15, 0.2) is 34.9 Å². The van der Waals surface area contributed by atoms with Crippen LogP contribution in [-0.4, -0.2) is 27.0 Å². The molecule has 114 valence electrons. The van der Waals surface area contributed by atoms with Gasteiger partial charge >= 0.3 is 0 Å². The molecule has 2 heterocycles. The Morgan fingerprint density at radius 1 is 1.23 bits per heavy atom. The van der Waals surface area contributed by atoms with Crippen LogP contribution >= 0.6 is 0 Å². The van der Waals surface area contributed by atoms with Crippen molar-refractivity contribution in [2.75, 3.05) is 7.11 Å². The summed E-state index contributed by atoms with van der Waals surface area (Å²) in [6.07, 6.45) is 0. The maximum atomic E-state index is 5.42. The Kier molecular flexibility index (Phi) is 3.66. The van der Waals surface area contributed by atoms with E-state index in [0.717, 1.165) is 17.0 Å². The molecule has 0 radical (unpaired) electrons. The summed E-state index contributed by atoms with van der Waals surface area (Å²) < 4.78 is 12.6. The van der Waals surface area contributed by atoms with Gasteiger partial charge in [-0.1, -0.05) is 17.3 Å². The first-order valence-electron chi connectivity index (χ1n) is 7.10. The second-order valence-electron chi connectivity index (χ2n) is 5.20. The van der Waals surface area contributed by atoms with Crippen molar-refractivity contribution >= 4 is 0 Å². The molecular formula is C16H18N4O2. The van der Waals surface area contributed by atoms with Crippen molar-refractivity contribution < 1.29 is 9.26 Å². The van der Waals surface area contributed by atoms with Gasteiger partial charge in [-0.05, 0) is 39.0 Å². The highest BCUT2D eigenvalue weighted by molar-refractivity contribution is 5.63. The minimum atomic E-state index is -0.121. The molecule has 0 bridgehead atoms. The zero-order valence-corrected chi connectivity index (χ0v) is 13.1. The first-order valence-corrected chi connectivity index (χ1v) is 7.10. The highest BCUT2D eigenvalue weighted by Crippen LogP contribution is 2.28. The van der Waals surface area contributed by atoms with E-state index in [-0.39, 0.29) is 6.04 Å². The number of hydrogen-bond donors (Lipinski definition) is 0. The second kappa shape index (κ2) is 5.63. The molecule has 3 rings (SSSR count). The number of benzene rings is 1. The first-order chi connectivity index (χ1) is 10.6. The molecule has 0 fully saturated rings.